The molecule has 27 heavy (non-hydrogen) atoms. The van der Waals surface area contributed by atoms with Crippen LogP contribution in [0, 0.1) is 13.8 Å². The standard InChI is InChI=1S/C21H27N3O3/c1-5-24(13-20(25)22-17-9-7-10-18(12-17)27-4)14-21(26)23-19-11-6-8-15(2)16(19)3/h6-12H,5,13-14H2,1-4H3,(H,22,25)(H,23,26)/p+1. The van der Waals surface area contributed by atoms with Crippen molar-refractivity contribution >= 4 is 23.2 Å². The Kier molecular flexibility index (Phi) is 7.37. The molecule has 0 radical (unpaired) electrons. The number of hydrogen-bond acceptors (Lipinski definition) is 3. The Hall–Kier alpha value is -2.86. The van der Waals surface area contributed by atoms with Crippen LogP contribution in [0.15, 0.2) is 42.5 Å². The quantitative estimate of drug-likeness (QED) is 0.663. The lowest BCUT2D eigenvalue weighted by atomic mass is 10.1. The van der Waals surface area contributed by atoms with E-state index in [0.717, 1.165) is 21.7 Å². The van der Waals surface area contributed by atoms with Crippen LogP contribution in [0.2, 0.25) is 0 Å². The maximum atomic E-state index is 12.4. The molecule has 1 atom stereocenters. The van der Waals surface area contributed by atoms with Gasteiger partial charge in [0.25, 0.3) is 11.8 Å². The van der Waals surface area contributed by atoms with Crippen molar-refractivity contribution in [2.24, 2.45) is 0 Å². The van der Waals surface area contributed by atoms with Gasteiger partial charge >= 0.3 is 0 Å². The van der Waals surface area contributed by atoms with Crippen LogP contribution in [-0.2, 0) is 9.59 Å². The number of hydrogen-bond donors (Lipinski definition) is 3. The average Bonchev–Trinajstić information content (AvgIpc) is 2.65. The molecule has 2 aromatic carbocycles. The van der Waals surface area contributed by atoms with Gasteiger partial charge in [0.1, 0.15) is 5.75 Å². The van der Waals surface area contributed by atoms with Crippen LogP contribution >= 0.6 is 0 Å². The monoisotopic (exact) mass is 370 g/mol. The highest BCUT2D eigenvalue weighted by Gasteiger charge is 2.17. The number of anilines is 2. The molecular formula is C21H28N3O3+. The van der Waals surface area contributed by atoms with Crippen molar-refractivity contribution in [2.45, 2.75) is 20.8 Å². The molecule has 0 saturated heterocycles. The normalized spacial score (nSPS) is 11.6. The number of nitrogens with one attached hydrogen (secondary N) is 3. The van der Waals surface area contributed by atoms with Crippen LogP contribution in [-0.4, -0.2) is 38.6 Å². The molecule has 2 rings (SSSR count). The summed E-state index contributed by atoms with van der Waals surface area (Å²) in [4.78, 5) is 25.6. The maximum Gasteiger partial charge on any atom is 0.279 e. The molecule has 0 saturated carbocycles. The average molecular weight is 370 g/mol. The van der Waals surface area contributed by atoms with E-state index in [1.54, 1.807) is 19.2 Å². The largest absolute Gasteiger partial charge is 0.497 e. The van der Waals surface area contributed by atoms with Crippen molar-refractivity contribution in [1.82, 2.24) is 0 Å². The fourth-order valence-electron chi connectivity index (χ4n) is 2.75. The molecule has 0 spiro atoms. The Labute approximate surface area is 160 Å². The fraction of sp³-hybridized carbons (Fsp3) is 0.333. The summed E-state index contributed by atoms with van der Waals surface area (Å²) < 4.78 is 5.16. The molecule has 0 aromatic heterocycles. The Morgan fingerprint density at radius 3 is 2.33 bits per heavy atom. The van der Waals surface area contributed by atoms with Crippen molar-refractivity contribution in [3.05, 3.63) is 53.6 Å². The number of benzene rings is 2. The van der Waals surface area contributed by atoms with E-state index in [1.165, 1.54) is 0 Å². The van der Waals surface area contributed by atoms with Gasteiger partial charge in [-0.3, -0.25) is 9.59 Å². The Morgan fingerprint density at radius 2 is 1.67 bits per heavy atom. The molecule has 0 aliphatic rings. The first-order chi connectivity index (χ1) is 12.9. The van der Waals surface area contributed by atoms with Gasteiger partial charge in [0.05, 0.1) is 13.7 Å². The van der Waals surface area contributed by atoms with Gasteiger partial charge in [-0.25, -0.2) is 0 Å². The molecule has 6 nitrogen and oxygen atoms in total. The van der Waals surface area contributed by atoms with Crippen LogP contribution in [0.1, 0.15) is 18.1 Å². The van der Waals surface area contributed by atoms with E-state index >= 15 is 0 Å². The summed E-state index contributed by atoms with van der Waals surface area (Å²) in [7, 11) is 1.58. The number of methoxy groups -OCH3 is 1. The molecule has 144 valence electrons. The van der Waals surface area contributed by atoms with Crippen LogP contribution in [0.25, 0.3) is 0 Å². The van der Waals surface area contributed by atoms with Gasteiger partial charge in [-0.2, -0.15) is 0 Å². The molecule has 0 fully saturated rings. The topological polar surface area (TPSA) is 71.9 Å². The number of aryl methyl sites for hydroxylation is 1. The Bertz CT molecular complexity index is 805. The first-order valence-electron chi connectivity index (χ1n) is 9.06. The van der Waals surface area contributed by atoms with E-state index < -0.39 is 0 Å². The first kappa shape index (κ1) is 20.5. The summed E-state index contributed by atoms with van der Waals surface area (Å²) in [5.41, 5.74) is 3.68. The predicted molar refractivity (Wildman–Crippen MR) is 107 cm³/mol. The molecule has 6 heteroatoms. The number of rotatable bonds is 8. The summed E-state index contributed by atoms with van der Waals surface area (Å²) in [6.07, 6.45) is 0. The number of ether oxygens (including phenoxy) is 1. The third-order valence-corrected chi connectivity index (χ3v) is 4.55. The van der Waals surface area contributed by atoms with Gasteiger partial charge in [0.15, 0.2) is 13.1 Å². The van der Waals surface area contributed by atoms with E-state index in [-0.39, 0.29) is 24.9 Å². The minimum absolute atomic E-state index is 0.102. The lowest BCUT2D eigenvalue weighted by Gasteiger charge is -2.18. The highest BCUT2D eigenvalue weighted by atomic mass is 16.5. The van der Waals surface area contributed by atoms with Crippen LogP contribution in [0.4, 0.5) is 11.4 Å². The Balaban J connectivity index is 1.91. The SMILES string of the molecule is CC[NH+](CC(=O)Nc1cccc(OC)c1)CC(=O)Nc1cccc(C)c1C. The van der Waals surface area contributed by atoms with Gasteiger partial charge in [-0.05, 0) is 50.1 Å². The molecule has 2 amide bonds. The summed E-state index contributed by atoms with van der Waals surface area (Å²) in [6, 6.07) is 13.0. The minimum Gasteiger partial charge on any atom is -0.497 e. The number of carbonyl (C=O) groups is 2. The van der Waals surface area contributed by atoms with Crippen LogP contribution in [0.3, 0.4) is 0 Å². The van der Waals surface area contributed by atoms with Crippen LogP contribution < -0.4 is 20.3 Å². The van der Waals surface area contributed by atoms with Crippen molar-refractivity contribution in [3.63, 3.8) is 0 Å². The molecule has 0 bridgehead atoms. The zero-order valence-corrected chi connectivity index (χ0v) is 16.4. The number of carbonyl (C=O) groups excluding carboxylic acids is 2. The highest BCUT2D eigenvalue weighted by molar-refractivity contribution is 5.93. The molecule has 0 aliphatic heterocycles. The van der Waals surface area contributed by atoms with E-state index in [4.69, 9.17) is 4.74 Å². The van der Waals surface area contributed by atoms with Crippen molar-refractivity contribution < 1.29 is 19.2 Å². The van der Waals surface area contributed by atoms with Crippen molar-refractivity contribution in [3.8, 4) is 5.75 Å². The van der Waals surface area contributed by atoms with Crippen molar-refractivity contribution in [1.29, 1.82) is 0 Å². The summed E-state index contributed by atoms with van der Waals surface area (Å²) >= 11 is 0. The van der Waals surface area contributed by atoms with E-state index in [2.05, 4.69) is 10.6 Å². The second-order valence-electron chi connectivity index (χ2n) is 6.53. The van der Waals surface area contributed by atoms with Crippen LogP contribution in [0.5, 0.6) is 5.75 Å². The van der Waals surface area contributed by atoms with Gasteiger partial charge < -0.3 is 20.3 Å². The maximum absolute atomic E-state index is 12.4. The lowest BCUT2D eigenvalue weighted by Crippen LogP contribution is -3.13. The number of likely N-dealkylation sites (N-methyl/N-ethyl adjacent to an activating group) is 1. The zero-order chi connectivity index (χ0) is 19.8. The molecule has 3 N–H and O–H groups in total. The Morgan fingerprint density at radius 1 is 1.00 bits per heavy atom. The lowest BCUT2D eigenvalue weighted by molar-refractivity contribution is -0.881. The third kappa shape index (κ3) is 6.11. The molecular weight excluding hydrogens is 342 g/mol. The predicted octanol–water partition coefficient (Wildman–Crippen LogP) is 1.79. The molecule has 1 unspecified atom stereocenters. The van der Waals surface area contributed by atoms with E-state index in [1.807, 2.05) is 51.1 Å². The molecule has 0 aliphatic carbocycles. The van der Waals surface area contributed by atoms with E-state index in [0.29, 0.717) is 18.0 Å². The third-order valence-electron chi connectivity index (χ3n) is 4.55. The fourth-order valence-corrected chi connectivity index (χ4v) is 2.75. The summed E-state index contributed by atoms with van der Waals surface area (Å²) in [5.74, 6) is 0.440. The molecule has 2 aromatic rings. The van der Waals surface area contributed by atoms with E-state index in [9.17, 15) is 9.59 Å². The number of quaternary nitrogens is 1. The van der Waals surface area contributed by atoms with Gasteiger partial charge in [0.2, 0.25) is 0 Å². The van der Waals surface area contributed by atoms with Gasteiger partial charge in [0, 0.05) is 17.4 Å². The van der Waals surface area contributed by atoms with Gasteiger partial charge in [-0.15, -0.1) is 0 Å². The summed E-state index contributed by atoms with van der Waals surface area (Å²) in [6.45, 7) is 7.07. The minimum atomic E-state index is -0.139. The van der Waals surface area contributed by atoms with Gasteiger partial charge in [-0.1, -0.05) is 18.2 Å². The highest BCUT2D eigenvalue weighted by Crippen LogP contribution is 2.17. The smallest absolute Gasteiger partial charge is 0.279 e. The summed E-state index contributed by atoms with van der Waals surface area (Å²) in [5, 5.41) is 5.80. The number of amides is 2. The second-order valence-corrected chi connectivity index (χ2v) is 6.53. The first-order valence-corrected chi connectivity index (χ1v) is 9.06. The van der Waals surface area contributed by atoms with Crippen molar-refractivity contribution in [2.75, 3.05) is 37.4 Å². The second kappa shape index (κ2) is 9.73. The zero-order valence-electron chi connectivity index (χ0n) is 16.4. The molecule has 0 heterocycles.